The predicted octanol–water partition coefficient (Wildman–Crippen LogP) is 8.44. The lowest BCUT2D eigenvalue weighted by molar-refractivity contribution is -0.384. The second kappa shape index (κ2) is 25.6. The van der Waals surface area contributed by atoms with Gasteiger partial charge in [0.05, 0.1) is 56.2 Å². The van der Waals surface area contributed by atoms with Gasteiger partial charge in [-0.25, -0.2) is 4.79 Å². The lowest BCUT2D eigenvalue weighted by Crippen LogP contribution is -2.70. The topological polar surface area (TPSA) is 201 Å². The number of nitro groups is 1. The van der Waals surface area contributed by atoms with Crippen molar-refractivity contribution < 1.29 is 58.3 Å². The molecule has 17 heteroatoms. The number of aliphatic hydroxyl groups is 3. The van der Waals surface area contributed by atoms with E-state index in [0.717, 1.165) is 60.3 Å². The number of amides is 1. The molecule has 368 valence electrons. The number of ether oxygens (including phenoxy) is 6. The molecule has 4 aliphatic rings. The summed E-state index contributed by atoms with van der Waals surface area (Å²) >= 11 is 1.71. The highest BCUT2D eigenvalue weighted by Gasteiger charge is 2.65. The monoisotopic (exact) mass is 959 g/mol. The number of thioether (sulfide) groups is 1. The Bertz CT molecular complexity index is 2150. The quantitative estimate of drug-likeness (QED) is 0.0228. The minimum atomic E-state index is -1.59. The summed E-state index contributed by atoms with van der Waals surface area (Å²) in [6.07, 6.45) is 9.43. The summed E-state index contributed by atoms with van der Waals surface area (Å²) in [5, 5.41) is 46.0. The molecule has 0 bridgehead atoms. The van der Waals surface area contributed by atoms with Crippen LogP contribution in [0.25, 0.3) is 0 Å². The summed E-state index contributed by atoms with van der Waals surface area (Å²) in [7, 11) is 0. The van der Waals surface area contributed by atoms with E-state index >= 15 is 0 Å². The van der Waals surface area contributed by atoms with E-state index in [0.29, 0.717) is 49.7 Å². The number of carbonyl (C=O) groups is 1. The molecule has 7 rings (SSSR count). The summed E-state index contributed by atoms with van der Waals surface area (Å²) in [5.41, 5.74) is 2.19. The Balaban J connectivity index is 1.38. The number of non-ortho nitro benzene ring substituents is 1. The van der Waals surface area contributed by atoms with Crippen LogP contribution in [-0.2, 0) is 19.0 Å². The number of oxime groups is 1. The Morgan fingerprint density at radius 3 is 2.46 bits per heavy atom. The van der Waals surface area contributed by atoms with Crippen LogP contribution < -0.4 is 14.2 Å². The first kappa shape index (κ1) is 50.9. The molecule has 7 atom stereocenters. The van der Waals surface area contributed by atoms with Crippen molar-refractivity contribution in [3.63, 3.8) is 0 Å². The van der Waals surface area contributed by atoms with Crippen molar-refractivity contribution in [3.8, 4) is 17.2 Å². The highest BCUT2D eigenvalue weighted by molar-refractivity contribution is 7.99. The molecule has 68 heavy (non-hydrogen) atoms. The summed E-state index contributed by atoms with van der Waals surface area (Å²) in [6, 6.07) is 20.3. The van der Waals surface area contributed by atoms with Gasteiger partial charge in [0.2, 0.25) is 12.1 Å². The maximum atomic E-state index is 14.9. The lowest BCUT2D eigenvalue weighted by atomic mass is 9.55. The highest BCUT2D eigenvalue weighted by atomic mass is 32.2. The molecule has 1 saturated heterocycles. The van der Waals surface area contributed by atoms with Crippen molar-refractivity contribution in [2.75, 3.05) is 65.2 Å². The summed E-state index contributed by atoms with van der Waals surface area (Å²) in [6.45, 7) is 4.96. The van der Waals surface area contributed by atoms with Crippen LogP contribution in [-0.4, -0.2) is 120 Å². The van der Waals surface area contributed by atoms with Crippen LogP contribution in [0.5, 0.6) is 17.2 Å². The first-order valence-electron chi connectivity index (χ1n) is 23.9. The van der Waals surface area contributed by atoms with Gasteiger partial charge in [-0.05, 0) is 98.4 Å². The Morgan fingerprint density at radius 2 is 1.74 bits per heavy atom. The van der Waals surface area contributed by atoms with E-state index in [-0.39, 0.29) is 81.8 Å². The third-order valence-corrected chi connectivity index (χ3v) is 14.0. The van der Waals surface area contributed by atoms with Crippen molar-refractivity contribution in [1.82, 2.24) is 4.90 Å². The first-order chi connectivity index (χ1) is 33.3. The third-order valence-electron chi connectivity index (χ3n) is 13.0. The highest BCUT2D eigenvalue weighted by Crippen LogP contribution is 2.62. The first-order valence-corrected chi connectivity index (χ1v) is 24.9. The van der Waals surface area contributed by atoms with Gasteiger partial charge in [0.25, 0.3) is 5.69 Å². The van der Waals surface area contributed by atoms with Gasteiger partial charge in [0.15, 0.2) is 0 Å². The van der Waals surface area contributed by atoms with E-state index in [2.05, 4.69) is 30.9 Å². The van der Waals surface area contributed by atoms with Gasteiger partial charge < -0.3 is 48.6 Å². The number of hydrogen-bond donors (Lipinski definition) is 3. The summed E-state index contributed by atoms with van der Waals surface area (Å²) < 4.78 is 38.7. The number of aliphatic hydroxyl groups excluding tert-OH is 3. The number of rotatable bonds is 26. The molecule has 2 aliphatic heterocycles. The van der Waals surface area contributed by atoms with Crippen LogP contribution in [0.15, 0.2) is 107 Å². The standard InChI is InChI=1S/C51H65N3O13S/c1-2-27-64-51-46(53(23-29-61-30-26-57)50(58)65-38-19-17-37(18-20-38)54(59)60)35-44(52-67-47-16-8-11-28-63-47)42-33-36(12-6-9-24-55)41(15-7-10-25-56)48(49(42)51)43-34-39(21-22-45(43)66-51)62-31-32-68-40-13-4-3-5-14-40/h2-5,13-14,17-22,33-34,36,41,46-49,55-57H,1,6-12,15-16,23-32,35H2. The second-order valence-corrected chi connectivity index (χ2v) is 18.5. The van der Waals surface area contributed by atoms with Crippen LogP contribution in [0.3, 0.4) is 0 Å². The fraction of sp³-hybridized carbons (Fsp3) is 0.529. The number of benzene rings is 3. The second-order valence-electron chi connectivity index (χ2n) is 17.3. The van der Waals surface area contributed by atoms with Gasteiger partial charge in [-0.2, -0.15) is 0 Å². The normalized spacial score (nSPS) is 24.5. The minimum absolute atomic E-state index is 0.00848. The molecule has 3 aromatic rings. The Kier molecular flexibility index (Phi) is 19.1. The average Bonchev–Trinajstić information content (AvgIpc) is 3.36. The minimum Gasteiger partial charge on any atom is -0.493 e. The molecule has 3 aromatic carbocycles. The lowest BCUT2D eigenvalue weighted by Gasteiger charge is -2.59. The van der Waals surface area contributed by atoms with Crippen molar-refractivity contribution in [2.45, 2.75) is 93.1 Å². The molecule has 1 amide bonds. The van der Waals surface area contributed by atoms with E-state index in [1.807, 2.05) is 30.3 Å². The van der Waals surface area contributed by atoms with Gasteiger partial charge in [-0.15, -0.1) is 18.3 Å². The van der Waals surface area contributed by atoms with Crippen molar-refractivity contribution in [1.29, 1.82) is 0 Å². The Labute approximate surface area is 402 Å². The Hall–Kier alpha value is -5.01. The van der Waals surface area contributed by atoms with E-state index in [1.54, 1.807) is 17.8 Å². The molecule has 16 nitrogen and oxygen atoms in total. The van der Waals surface area contributed by atoms with Crippen LogP contribution in [0, 0.1) is 27.9 Å². The van der Waals surface area contributed by atoms with Crippen molar-refractivity contribution in [3.05, 3.63) is 113 Å². The number of nitro benzene ring substituents is 1. The van der Waals surface area contributed by atoms with E-state index in [4.69, 9.17) is 38.4 Å². The smallest absolute Gasteiger partial charge is 0.415 e. The number of fused-ring (bicyclic) bond motifs is 2. The van der Waals surface area contributed by atoms with E-state index in [1.165, 1.54) is 29.2 Å². The Morgan fingerprint density at radius 1 is 0.956 bits per heavy atom. The van der Waals surface area contributed by atoms with Crippen LogP contribution in [0.1, 0.15) is 75.7 Å². The molecule has 0 spiro atoms. The zero-order valence-electron chi connectivity index (χ0n) is 38.6. The molecule has 2 aliphatic carbocycles. The maximum Gasteiger partial charge on any atom is 0.415 e. The third kappa shape index (κ3) is 12.6. The molecule has 0 aromatic heterocycles. The summed E-state index contributed by atoms with van der Waals surface area (Å²) in [4.78, 5) is 34.7. The maximum absolute atomic E-state index is 14.9. The van der Waals surface area contributed by atoms with E-state index < -0.39 is 35.1 Å². The van der Waals surface area contributed by atoms with Gasteiger partial charge in [0, 0.05) is 66.9 Å². The van der Waals surface area contributed by atoms with Gasteiger partial charge >= 0.3 is 6.09 Å². The zero-order chi connectivity index (χ0) is 47.7. The van der Waals surface area contributed by atoms with Crippen molar-refractivity contribution >= 4 is 29.3 Å². The largest absolute Gasteiger partial charge is 0.493 e. The van der Waals surface area contributed by atoms with Crippen LogP contribution in [0.4, 0.5) is 10.5 Å². The number of hydrogen-bond acceptors (Lipinski definition) is 15. The number of carbonyl (C=O) groups excluding carboxylic acids is 1. The van der Waals surface area contributed by atoms with Gasteiger partial charge in [-0.1, -0.05) is 48.3 Å². The SMILES string of the molecule is C=CCOC12Oc3ccc(OCCSc4ccccc4)cc3C3C(CCCCO)C(CCCCO)C=C(C(=NOC4CCCCO4)CC1N(CCOCCO)C(=O)Oc1ccc([N+](=O)[O-])cc1)C32. The van der Waals surface area contributed by atoms with Gasteiger partial charge in [-0.3, -0.25) is 15.0 Å². The zero-order valence-corrected chi connectivity index (χ0v) is 39.4. The molecule has 2 heterocycles. The average molecular weight is 960 g/mol. The number of nitrogens with zero attached hydrogens (tertiary/aromatic N) is 3. The molecule has 1 saturated carbocycles. The molecule has 2 fully saturated rings. The van der Waals surface area contributed by atoms with Crippen LogP contribution >= 0.6 is 11.8 Å². The molecular formula is C51H65N3O13S. The fourth-order valence-corrected chi connectivity index (χ4v) is 10.7. The number of unbranched alkanes of at least 4 members (excludes halogenated alkanes) is 2. The van der Waals surface area contributed by atoms with Crippen molar-refractivity contribution in [2.24, 2.45) is 22.9 Å². The fourth-order valence-electron chi connectivity index (χ4n) is 9.99. The molecule has 3 N–H and O–H groups in total. The molecular weight excluding hydrogens is 895 g/mol. The molecule has 0 radical (unpaired) electrons. The van der Waals surface area contributed by atoms with E-state index in [9.17, 15) is 30.2 Å². The van der Waals surface area contributed by atoms with Crippen LogP contribution in [0.2, 0.25) is 0 Å². The van der Waals surface area contributed by atoms with Gasteiger partial charge in [0.1, 0.15) is 23.3 Å². The summed E-state index contributed by atoms with van der Waals surface area (Å²) in [5.74, 6) is -0.473. The number of allylic oxidation sites excluding steroid dienone is 1. The predicted molar refractivity (Wildman–Crippen MR) is 256 cm³/mol. The molecule has 7 unspecified atom stereocenters.